The Balaban J connectivity index is 1.59. The Labute approximate surface area is 166 Å². The summed E-state index contributed by atoms with van der Waals surface area (Å²) in [5.41, 5.74) is 4.39. The minimum absolute atomic E-state index is 0.292. The molecule has 5 heteroatoms. The van der Waals surface area contributed by atoms with Gasteiger partial charge in [-0.3, -0.25) is 4.79 Å². The number of nitrogens with one attached hydrogen (secondary N) is 1. The first-order valence-corrected chi connectivity index (χ1v) is 9.15. The van der Waals surface area contributed by atoms with Gasteiger partial charge in [-0.15, -0.1) is 0 Å². The summed E-state index contributed by atoms with van der Waals surface area (Å²) in [7, 11) is 0. The summed E-state index contributed by atoms with van der Waals surface area (Å²) in [4.78, 5) is 18.7. The topological polar surface area (TPSA) is 68.1 Å². The highest BCUT2D eigenvalue weighted by molar-refractivity contribution is 5.96. The van der Waals surface area contributed by atoms with Crippen LogP contribution < -0.4 is 4.74 Å². The number of aromatic nitrogens is 2. The number of H-pyrrole nitrogens is 1. The smallest absolute Gasteiger partial charge is 0.185 e. The summed E-state index contributed by atoms with van der Waals surface area (Å²) in [6.45, 7) is 0. The van der Waals surface area contributed by atoms with Crippen molar-refractivity contribution in [3.05, 3.63) is 91.1 Å². The molecule has 3 heterocycles. The molecule has 1 N–H and O–H groups in total. The van der Waals surface area contributed by atoms with E-state index in [1.807, 2.05) is 67.0 Å². The van der Waals surface area contributed by atoms with Crippen LogP contribution in [0.1, 0.15) is 10.6 Å². The van der Waals surface area contributed by atoms with Gasteiger partial charge in [-0.05, 0) is 30.3 Å². The van der Waals surface area contributed by atoms with Crippen LogP contribution >= 0.6 is 0 Å². The fraction of sp³-hybridized carbons (Fsp3) is 0. The third-order valence-electron chi connectivity index (χ3n) is 4.75. The van der Waals surface area contributed by atoms with Gasteiger partial charge >= 0.3 is 0 Å². The molecule has 3 aromatic heterocycles. The van der Waals surface area contributed by atoms with E-state index >= 15 is 0 Å². The molecule has 0 unspecified atom stereocenters. The number of benzene rings is 2. The van der Waals surface area contributed by atoms with Crippen LogP contribution in [0.3, 0.4) is 0 Å². The van der Waals surface area contributed by atoms with Crippen molar-refractivity contribution in [3.8, 4) is 33.8 Å². The molecule has 5 rings (SSSR count). The first kappa shape index (κ1) is 17.0. The fourth-order valence-corrected chi connectivity index (χ4v) is 3.35. The highest BCUT2D eigenvalue weighted by atomic mass is 16.5. The zero-order valence-electron chi connectivity index (χ0n) is 15.3. The van der Waals surface area contributed by atoms with Gasteiger partial charge in [-0.25, -0.2) is 4.98 Å². The second-order valence-corrected chi connectivity index (χ2v) is 6.59. The van der Waals surface area contributed by atoms with Crippen molar-refractivity contribution >= 4 is 17.3 Å². The molecular formula is C24H16N2O3. The summed E-state index contributed by atoms with van der Waals surface area (Å²) in [5, 5.41) is 0.940. The molecule has 0 aliphatic heterocycles. The zero-order valence-corrected chi connectivity index (χ0v) is 15.3. The summed E-state index contributed by atoms with van der Waals surface area (Å²) in [6, 6.07) is 21.3. The van der Waals surface area contributed by atoms with Crippen molar-refractivity contribution < 1.29 is 13.9 Å². The van der Waals surface area contributed by atoms with E-state index in [0.29, 0.717) is 12.0 Å². The molecular weight excluding hydrogens is 364 g/mol. The lowest BCUT2D eigenvalue weighted by atomic mass is 10.0. The monoisotopic (exact) mass is 380 g/mol. The predicted molar refractivity (Wildman–Crippen MR) is 111 cm³/mol. The lowest BCUT2D eigenvalue weighted by molar-refractivity contribution is 0.110. The number of nitrogens with zero attached hydrogens (tertiary/aromatic N) is 1. The van der Waals surface area contributed by atoms with Crippen LogP contribution in [0.4, 0.5) is 0 Å². The quantitative estimate of drug-likeness (QED) is 0.374. The van der Waals surface area contributed by atoms with Crippen molar-refractivity contribution in [3.63, 3.8) is 0 Å². The Morgan fingerprint density at radius 1 is 0.931 bits per heavy atom. The lowest BCUT2D eigenvalue weighted by Crippen LogP contribution is -1.89. The fourth-order valence-electron chi connectivity index (χ4n) is 3.35. The molecule has 0 saturated carbocycles. The molecule has 0 bridgehead atoms. The van der Waals surface area contributed by atoms with Gasteiger partial charge in [0.15, 0.2) is 12.0 Å². The molecule has 0 aliphatic carbocycles. The van der Waals surface area contributed by atoms with Crippen molar-refractivity contribution in [1.29, 1.82) is 0 Å². The van der Waals surface area contributed by atoms with Crippen molar-refractivity contribution in [2.24, 2.45) is 0 Å². The van der Waals surface area contributed by atoms with Gasteiger partial charge in [0.25, 0.3) is 0 Å². The molecule has 29 heavy (non-hydrogen) atoms. The predicted octanol–water partition coefficient (Wildman–Crippen LogP) is 6.09. The molecule has 0 radical (unpaired) electrons. The second-order valence-electron chi connectivity index (χ2n) is 6.59. The van der Waals surface area contributed by atoms with Gasteiger partial charge in [0.1, 0.15) is 17.1 Å². The number of carbonyl (C=O) groups is 1. The average Bonchev–Trinajstić information content (AvgIpc) is 3.41. The van der Waals surface area contributed by atoms with Gasteiger partial charge in [0.2, 0.25) is 0 Å². The molecule has 0 fully saturated rings. The first-order valence-electron chi connectivity index (χ1n) is 9.15. The van der Waals surface area contributed by atoms with Gasteiger partial charge in [-0.2, -0.15) is 0 Å². The molecule has 0 spiro atoms. The maximum Gasteiger partial charge on any atom is 0.185 e. The van der Waals surface area contributed by atoms with E-state index in [1.165, 1.54) is 0 Å². The lowest BCUT2D eigenvalue weighted by Gasteiger charge is -2.11. The summed E-state index contributed by atoms with van der Waals surface area (Å²) in [5.74, 6) is 1.82. The van der Waals surface area contributed by atoms with Gasteiger partial charge in [0, 0.05) is 40.0 Å². The molecule has 2 aromatic carbocycles. The summed E-state index contributed by atoms with van der Waals surface area (Å²) < 4.78 is 11.4. The number of ether oxygens (including phenoxy) is 1. The molecule has 5 nitrogen and oxygen atoms in total. The van der Waals surface area contributed by atoms with E-state index in [-0.39, 0.29) is 0 Å². The third-order valence-corrected chi connectivity index (χ3v) is 4.75. The van der Waals surface area contributed by atoms with Crippen LogP contribution in [0.15, 0.2) is 89.8 Å². The number of furan rings is 1. The number of para-hydroxylation sites is 2. The number of aldehydes is 1. The minimum Gasteiger partial charge on any atom is -0.461 e. The maximum absolute atomic E-state index is 11.0. The Morgan fingerprint density at radius 3 is 2.59 bits per heavy atom. The average molecular weight is 380 g/mol. The number of rotatable bonds is 5. The molecule has 0 saturated heterocycles. The number of fused-ring (bicyclic) bond motifs is 1. The van der Waals surface area contributed by atoms with E-state index < -0.39 is 0 Å². The van der Waals surface area contributed by atoms with Crippen LogP contribution in [0, 0.1) is 0 Å². The number of aromatic amines is 1. The third kappa shape index (κ3) is 3.19. The van der Waals surface area contributed by atoms with E-state index in [1.54, 1.807) is 12.3 Å². The number of hydrogen-bond acceptors (Lipinski definition) is 4. The second kappa shape index (κ2) is 7.13. The van der Waals surface area contributed by atoms with Crippen molar-refractivity contribution in [2.45, 2.75) is 0 Å². The summed E-state index contributed by atoms with van der Waals surface area (Å²) in [6.07, 6.45) is 5.96. The minimum atomic E-state index is 0.292. The highest BCUT2D eigenvalue weighted by Gasteiger charge is 2.13. The number of pyridine rings is 1. The molecule has 0 atom stereocenters. The van der Waals surface area contributed by atoms with E-state index in [0.717, 1.165) is 44.8 Å². The molecule has 5 aromatic rings. The Morgan fingerprint density at radius 2 is 1.76 bits per heavy atom. The Kier molecular flexibility index (Phi) is 4.18. The largest absolute Gasteiger partial charge is 0.461 e. The number of hydrogen-bond donors (Lipinski definition) is 1. The SMILES string of the molecule is O=Cc1cc(-c2c[nH]c3ncc(-c4ccccc4Oc4ccccc4)cc23)co1. The van der Waals surface area contributed by atoms with Crippen molar-refractivity contribution in [1.82, 2.24) is 9.97 Å². The van der Waals surface area contributed by atoms with Crippen molar-refractivity contribution in [2.75, 3.05) is 0 Å². The normalized spacial score (nSPS) is 10.9. The van der Waals surface area contributed by atoms with Crippen LogP contribution in [-0.2, 0) is 0 Å². The maximum atomic E-state index is 11.0. The van der Waals surface area contributed by atoms with Gasteiger partial charge in [0.05, 0.1) is 6.26 Å². The highest BCUT2D eigenvalue weighted by Crippen LogP contribution is 2.36. The zero-order chi connectivity index (χ0) is 19.6. The van der Waals surface area contributed by atoms with E-state index in [4.69, 9.17) is 9.15 Å². The first-order chi connectivity index (χ1) is 14.3. The van der Waals surface area contributed by atoms with Crippen LogP contribution in [0.25, 0.3) is 33.3 Å². The Hall–Kier alpha value is -4.12. The van der Waals surface area contributed by atoms with Crippen LogP contribution in [-0.4, -0.2) is 16.3 Å². The Bertz CT molecular complexity index is 1300. The standard InChI is InChI=1S/C24H16N2O3/c27-14-19-10-17(15-28-19)22-13-26-24-21(22)11-16(12-25-24)20-8-4-5-9-23(20)29-18-6-2-1-3-7-18/h1-15H,(H,25,26). The van der Waals surface area contributed by atoms with E-state index in [2.05, 4.69) is 16.0 Å². The molecule has 0 aliphatic rings. The number of carbonyl (C=O) groups excluding carboxylic acids is 1. The van der Waals surface area contributed by atoms with Gasteiger partial charge in [-0.1, -0.05) is 36.4 Å². The van der Waals surface area contributed by atoms with Crippen LogP contribution in [0.2, 0.25) is 0 Å². The van der Waals surface area contributed by atoms with E-state index in [9.17, 15) is 4.79 Å². The molecule has 140 valence electrons. The van der Waals surface area contributed by atoms with Crippen LogP contribution in [0.5, 0.6) is 11.5 Å². The van der Waals surface area contributed by atoms with Gasteiger partial charge < -0.3 is 14.1 Å². The molecule has 0 amide bonds. The summed E-state index contributed by atoms with van der Waals surface area (Å²) >= 11 is 0.